The van der Waals surface area contributed by atoms with Crippen LogP contribution in [0, 0.1) is 0 Å². The molecule has 2 rings (SSSR count). The highest BCUT2D eigenvalue weighted by Gasteiger charge is 2.28. The van der Waals surface area contributed by atoms with Crippen LogP contribution in [0.15, 0.2) is 23.2 Å². The highest BCUT2D eigenvalue weighted by atomic mass is 16.5. The zero-order valence-corrected chi connectivity index (χ0v) is 15.3. The Morgan fingerprint density at radius 1 is 1.25 bits per heavy atom. The Kier molecular flexibility index (Phi) is 7.53. The first-order chi connectivity index (χ1) is 11.7. The number of nitrogens with zero attached hydrogens (tertiary/aromatic N) is 2. The lowest BCUT2D eigenvalue weighted by atomic mass is 10.0. The monoisotopic (exact) mass is 332 g/mol. The summed E-state index contributed by atoms with van der Waals surface area (Å²) in [5.74, 6) is 0.507. The molecule has 0 radical (unpaired) electrons. The van der Waals surface area contributed by atoms with Crippen molar-refractivity contribution in [2.24, 2.45) is 10.7 Å². The second-order valence-corrected chi connectivity index (χ2v) is 6.31. The number of nitrogens with two attached hydrogens (primary N) is 1. The Morgan fingerprint density at radius 2 is 1.92 bits per heavy atom. The summed E-state index contributed by atoms with van der Waals surface area (Å²) in [5, 5.41) is 3.33. The number of ether oxygens (including phenoxy) is 1. The molecule has 24 heavy (non-hydrogen) atoms. The SMILES string of the molecule is CCc1cccc(CC)c1NC(N)=NCCN(CCOC)C1CC1. The smallest absolute Gasteiger partial charge is 0.193 e. The van der Waals surface area contributed by atoms with Gasteiger partial charge < -0.3 is 15.8 Å². The van der Waals surface area contributed by atoms with Crippen LogP contribution < -0.4 is 11.1 Å². The maximum atomic E-state index is 6.13. The summed E-state index contributed by atoms with van der Waals surface area (Å²) in [6.07, 6.45) is 4.56. The maximum Gasteiger partial charge on any atom is 0.193 e. The van der Waals surface area contributed by atoms with Gasteiger partial charge >= 0.3 is 0 Å². The van der Waals surface area contributed by atoms with Crippen molar-refractivity contribution in [2.45, 2.75) is 45.6 Å². The number of anilines is 1. The van der Waals surface area contributed by atoms with Crippen molar-refractivity contribution < 1.29 is 4.74 Å². The third-order valence-corrected chi connectivity index (χ3v) is 4.57. The fourth-order valence-corrected chi connectivity index (χ4v) is 2.99. The number of nitrogens with one attached hydrogen (secondary N) is 1. The molecular weight excluding hydrogens is 300 g/mol. The number of aryl methyl sites for hydroxylation is 2. The van der Waals surface area contributed by atoms with Gasteiger partial charge in [-0.1, -0.05) is 32.0 Å². The van der Waals surface area contributed by atoms with E-state index in [1.165, 1.54) is 24.0 Å². The molecule has 1 aromatic rings. The summed E-state index contributed by atoms with van der Waals surface area (Å²) in [6, 6.07) is 7.12. The molecule has 0 saturated heterocycles. The van der Waals surface area contributed by atoms with Crippen molar-refractivity contribution in [1.29, 1.82) is 0 Å². The number of rotatable bonds is 10. The fourth-order valence-electron chi connectivity index (χ4n) is 2.99. The zero-order chi connectivity index (χ0) is 17.4. The van der Waals surface area contributed by atoms with Gasteiger partial charge in [-0.15, -0.1) is 0 Å². The molecule has 1 fully saturated rings. The van der Waals surface area contributed by atoms with E-state index in [9.17, 15) is 0 Å². The molecule has 134 valence electrons. The van der Waals surface area contributed by atoms with E-state index in [4.69, 9.17) is 10.5 Å². The van der Waals surface area contributed by atoms with E-state index < -0.39 is 0 Å². The van der Waals surface area contributed by atoms with Crippen molar-refractivity contribution >= 4 is 11.6 Å². The molecule has 0 aromatic heterocycles. The van der Waals surface area contributed by atoms with Crippen LogP contribution in [0.4, 0.5) is 5.69 Å². The lowest BCUT2D eigenvalue weighted by Crippen LogP contribution is -2.33. The van der Waals surface area contributed by atoms with Crippen molar-refractivity contribution in [3.8, 4) is 0 Å². The van der Waals surface area contributed by atoms with E-state index in [0.717, 1.165) is 50.8 Å². The van der Waals surface area contributed by atoms with Gasteiger partial charge in [0, 0.05) is 31.9 Å². The maximum absolute atomic E-state index is 6.13. The number of hydrogen-bond donors (Lipinski definition) is 2. The zero-order valence-electron chi connectivity index (χ0n) is 15.3. The first-order valence-corrected chi connectivity index (χ1v) is 9.10. The summed E-state index contributed by atoms with van der Waals surface area (Å²) in [7, 11) is 1.75. The number of aliphatic imine (C=N–C) groups is 1. The molecule has 0 aliphatic heterocycles. The number of guanidine groups is 1. The van der Waals surface area contributed by atoms with Crippen molar-refractivity contribution in [3.63, 3.8) is 0 Å². The summed E-state index contributed by atoms with van der Waals surface area (Å²) in [4.78, 5) is 6.99. The fraction of sp³-hybridized carbons (Fsp3) is 0.632. The minimum atomic E-state index is 0.507. The van der Waals surface area contributed by atoms with Gasteiger partial charge in [-0.05, 0) is 36.8 Å². The van der Waals surface area contributed by atoms with Gasteiger partial charge in [-0.3, -0.25) is 9.89 Å². The van der Waals surface area contributed by atoms with Gasteiger partial charge in [0.15, 0.2) is 5.96 Å². The molecule has 5 nitrogen and oxygen atoms in total. The average molecular weight is 332 g/mol. The minimum Gasteiger partial charge on any atom is -0.383 e. The molecule has 0 atom stereocenters. The highest BCUT2D eigenvalue weighted by Crippen LogP contribution is 2.26. The van der Waals surface area contributed by atoms with Crippen molar-refractivity contribution in [2.75, 3.05) is 38.7 Å². The van der Waals surface area contributed by atoms with Gasteiger partial charge in [0.1, 0.15) is 0 Å². The summed E-state index contributed by atoms with van der Waals surface area (Å²) >= 11 is 0. The number of para-hydroxylation sites is 1. The topological polar surface area (TPSA) is 62.9 Å². The lowest BCUT2D eigenvalue weighted by Gasteiger charge is -2.20. The molecular formula is C19H32N4O. The lowest BCUT2D eigenvalue weighted by molar-refractivity contribution is 0.145. The molecule has 0 unspecified atom stereocenters. The molecule has 5 heteroatoms. The molecule has 1 aliphatic rings. The summed E-state index contributed by atoms with van der Waals surface area (Å²) in [6.45, 7) is 7.73. The number of methoxy groups -OCH3 is 1. The van der Waals surface area contributed by atoms with Crippen LogP contribution in [0.3, 0.4) is 0 Å². The molecule has 0 amide bonds. The van der Waals surface area contributed by atoms with Crippen molar-refractivity contribution in [1.82, 2.24) is 4.90 Å². The van der Waals surface area contributed by atoms with E-state index in [1.54, 1.807) is 7.11 Å². The molecule has 0 heterocycles. The van der Waals surface area contributed by atoms with Gasteiger partial charge in [0.25, 0.3) is 0 Å². The van der Waals surface area contributed by atoms with Gasteiger partial charge in [0.05, 0.1) is 13.2 Å². The average Bonchev–Trinajstić information content (AvgIpc) is 3.43. The van der Waals surface area contributed by atoms with Gasteiger partial charge in [-0.25, -0.2) is 0 Å². The molecule has 1 aromatic carbocycles. The first kappa shape index (κ1) is 18.7. The molecule has 1 aliphatic carbocycles. The van der Waals surface area contributed by atoms with Crippen LogP contribution in [0.25, 0.3) is 0 Å². The Hall–Kier alpha value is -1.59. The molecule has 1 saturated carbocycles. The van der Waals surface area contributed by atoms with Crippen LogP contribution in [0.2, 0.25) is 0 Å². The van der Waals surface area contributed by atoms with Gasteiger partial charge in [0.2, 0.25) is 0 Å². The van der Waals surface area contributed by atoms with Crippen LogP contribution in [-0.4, -0.2) is 50.3 Å². The van der Waals surface area contributed by atoms with Crippen LogP contribution in [0.1, 0.15) is 37.8 Å². The van der Waals surface area contributed by atoms with E-state index in [1.807, 2.05) is 0 Å². The summed E-state index contributed by atoms with van der Waals surface area (Å²) < 4.78 is 5.19. The Labute approximate surface area is 146 Å². The molecule has 0 spiro atoms. The molecule has 3 N–H and O–H groups in total. The summed E-state index contributed by atoms with van der Waals surface area (Å²) in [5.41, 5.74) is 9.82. The van der Waals surface area contributed by atoms with E-state index in [2.05, 4.69) is 47.3 Å². The minimum absolute atomic E-state index is 0.507. The number of hydrogen-bond acceptors (Lipinski definition) is 3. The second-order valence-electron chi connectivity index (χ2n) is 6.31. The quantitative estimate of drug-likeness (QED) is 0.511. The van der Waals surface area contributed by atoms with Crippen LogP contribution >= 0.6 is 0 Å². The largest absolute Gasteiger partial charge is 0.383 e. The molecule has 0 bridgehead atoms. The third-order valence-electron chi connectivity index (χ3n) is 4.57. The second kappa shape index (κ2) is 9.64. The van der Waals surface area contributed by atoms with E-state index in [0.29, 0.717) is 5.96 Å². The Morgan fingerprint density at radius 3 is 2.46 bits per heavy atom. The highest BCUT2D eigenvalue weighted by molar-refractivity contribution is 5.93. The van der Waals surface area contributed by atoms with E-state index in [-0.39, 0.29) is 0 Å². The Bertz CT molecular complexity index is 518. The Balaban J connectivity index is 1.91. The van der Waals surface area contributed by atoms with Crippen LogP contribution in [-0.2, 0) is 17.6 Å². The van der Waals surface area contributed by atoms with E-state index >= 15 is 0 Å². The van der Waals surface area contributed by atoms with Gasteiger partial charge in [-0.2, -0.15) is 0 Å². The number of benzene rings is 1. The van der Waals surface area contributed by atoms with Crippen molar-refractivity contribution in [3.05, 3.63) is 29.3 Å². The predicted molar refractivity (Wildman–Crippen MR) is 102 cm³/mol. The standard InChI is InChI=1S/C19H32N4O/c1-4-15-7-6-8-16(5-2)18(15)22-19(20)21-11-12-23(13-14-24-3)17-9-10-17/h6-8,17H,4-5,9-14H2,1-3H3,(H3,20,21,22). The van der Waals surface area contributed by atoms with Crippen LogP contribution in [0.5, 0.6) is 0 Å². The first-order valence-electron chi connectivity index (χ1n) is 9.10. The third kappa shape index (κ3) is 5.49. The normalized spacial score (nSPS) is 15.1. The predicted octanol–water partition coefficient (Wildman–Crippen LogP) is 2.65.